The standard InChI is InChI=1S/C5H2Br2O3/c6-1-3(8)2(7)5(10)4(1)9/h1,10H. The van der Waals surface area contributed by atoms with Gasteiger partial charge in [0.2, 0.25) is 5.78 Å². The molecule has 10 heavy (non-hydrogen) atoms. The van der Waals surface area contributed by atoms with Gasteiger partial charge in [0.25, 0.3) is 0 Å². The molecule has 0 saturated heterocycles. The van der Waals surface area contributed by atoms with Crippen molar-refractivity contribution < 1.29 is 14.7 Å². The molecule has 1 aliphatic rings. The van der Waals surface area contributed by atoms with Crippen molar-refractivity contribution in [3.05, 3.63) is 10.2 Å². The molecule has 5 heteroatoms. The van der Waals surface area contributed by atoms with Gasteiger partial charge in [-0.1, -0.05) is 15.9 Å². The van der Waals surface area contributed by atoms with Gasteiger partial charge in [-0.15, -0.1) is 0 Å². The highest BCUT2D eigenvalue weighted by Gasteiger charge is 2.38. The summed E-state index contributed by atoms with van der Waals surface area (Å²) in [6.07, 6.45) is 0. The maximum absolute atomic E-state index is 10.8. The first kappa shape index (κ1) is 7.94. The fourth-order valence-corrected chi connectivity index (χ4v) is 1.75. The van der Waals surface area contributed by atoms with Crippen molar-refractivity contribution in [2.24, 2.45) is 0 Å². The molecule has 1 rings (SSSR count). The van der Waals surface area contributed by atoms with E-state index in [0.29, 0.717) is 0 Å². The Bertz CT molecular complexity index is 219. The van der Waals surface area contributed by atoms with Crippen molar-refractivity contribution in [2.45, 2.75) is 4.83 Å². The van der Waals surface area contributed by atoms with Gasteiger partial charge in [-0.05, 0) is 15.9 Å². The summed E-state index contributed by atoms with van der Waals surface area (Å²) >= 11 is 5.60. The maximum Gasteiger partial charge on any atom is 0.219 e. The number of ketones is 2. The van der Waals surface area contributed by atoms with Gasteiger partial charge >= 0.3 is 0 Å². The Balaban J connectivity index is 3.11. The van der Waals surface area contributed by atoms with Gasteiger partial charge in [-0.3, -0.25) is 9.59 Å². The molecule has 0 amide bonds. The van der Waals surface area contributed by atoms with Crippen molar-refractivity contribution in [2.75, 3.05) is 0 Å². The third-order valence-corrected chi connectivity index (χ3v) is 2.72. The van der Waals surface area contributed by atoms with Gasteiger partial charge < -0.3 is 5.11 Å². The van der Waals surface area contributed by atoms with Crippen LogP contribution in [0.2, 0.25) is 0 Å². The molecule has 0 aromatic rings. The minimum atomic E-state index is -0.901. The Hall–Kier alpha value is -0.160. The molecular weight excluding hydrogens is 268 g/mol. The highest BCUT2D eigenvalue weighted by atomic mass is 79.9. The van der Waals surface area contributed by atoms with Gasteiger partial charge in [0.05, 0.1) is 0 Å². The van der Waals surface area contributed by atoms with E-state index in [2.05, 4.69) is 31.9 Å². The Labute approximate surface area is 73.4 Å². The van der Waals surface area contributed by atoms with Crippen LogP contribution in [0.15, 0.2) is 10.2 Å². The summed E-state index contributed by atoms with van der Waals surface area (Å²) in [4.78, 5) is 20.6. The lowest BCUT2D eigenvalue weighted by Crippen LogP contribution is -2.15. The Morgan fingerprint density at radius 2 is 1.80 bits per heavy atom. The molecule has 0 saturated carbocycles. The Kier molecular flexibility index (Phi) is 1.96. The van der Waals surface area contributed by atoms with Crippen LogP contribution in [0.4, 0.5) is 0 Å². The third-order valence-electron chi connectivity index (χ3n) is 1.12. The van der Waals surface area contributed by atoms with Crippen molar-refractivity contribution >= 4 is 43.4 Å². The molecule has 1 unspecified atom stereocenters. The first-order valence-corrected chi connectivity index (χ1v) is 4.08. The van der Waals surface area contributed by atoms with E-state index in [1.165, 1.54) is 0 Å². The summed E-state index contributed by atoms with van der Waals surface area (Å²) in [6.45, 7) is 0. The van der Waals surface area contributed by atoms with Crippen molar-refractivity contribution in [1.29, 1.82) is 0 Å². The average Bonchev–Trinajstić information content (AvgIpc) is 2.07. The first-order valence-electron chi connectivity index (χ1n) is 2.37. The quantitative estimate of drug-likeness (QED) is 0.529. The molecule has 0 bridgehead atoms. The van der Waals surface area contributed by atoms with E-state index in [0.717, 1.165) is 0 Å². The summed E-state index contributed by atoms with van der Waals surface area (Å²) in [6, 6.07) is 0. The van der Waals surface area contributed by atoms with Crippen molar-refractivity contribution in [3.8, 4) is 0 Å². The number of carbonyl (C=O) groups excluding carboxylic acids is 2. The van der Waals surface area contributed by atoms with E-state index in [1.54, 1.807) is 0 Å². The Morgan fingerprint density at radius 3 is 1.90 bits per heavy atom. The summed E-state index contributed by atoms with van der Waals surface area (Å²) in [5, 5.41) is 8.84. The minimum Gasteiger partial charge on any atom is -0.503 e. The molecule has 1 atom stereocenters. The smallest absolute Gasteiger partial charge is 0.219 e. The van der Waals surface area contributed by atoms with E-state index in [4.69, 9.17) is 5.11 Å². The van der Waals surface area contributed by atoms with Crippen LogP contribution in [0, 0.1) is 0 Å². The van der Waals surface area contributed by atoms with Gasteiger partial charge in [0, 0.05) is 0 Å². The molecule has 0 aromatic carbocycles. The number of aliphatic hydroxyl groups excluding tert-OH is 1. The summed E-state index contributed by atoms with van der Waals surface area (Å²) in [5.74, 6) is -1.51. The Morgan fingerprint density at radius 1 is 1.30 bits per heavy atom. The number of allylic oxidation sites excluding steroid dienone is 2. The summed E-state index contributed by atoms with van der Waals surface area (Å²) in [7, 11) is 0. The summed E-state index contributed by atoms with van der Waals surface area (Å²) in [5.41, 5.74) is 0. The van der Waals surface area contributed by atoms with Gasteiger partial charge in [-0.25, -0.2) is 0 Å². The second-order valence-corrected chi connectivity index (χ2v) is 3.46. The van der Waals surface area contributed by atoms with Gasteiger partial charge in [0.15, 0.2) is 11.5 Å². The number of Topliss-reactive ketones (excluding diaryl/α,β-unsaturated/α-hetero) is 2. The molecule has 0 radical (unpaired) electrons. The van der Waals surface area contributed by atoms with Crippen LogP contribution in [-0.2, 0) is 9.59 Å². The van der Waals surface area contributed by atoms with Crippen LogP contribution < -0.4 is 0 Å². The monoisotopic (exact) mass is 268 g/mol. The zero-order valence-electron chi connectivity index (χ0n) is 4.60. The zero-order chi connectivity index (χ0) is 7.89. The second-order valence-electron chi connectivity index (χ2n) is 1.75. The third kappa shape index (κ3) is 0.932. The predicted octanol–water partition coefficient (Wildman–Crippen LogP) is 1.07. The van der Waals surface area contributed by atoms with Crippen molar-refractivity contribution in [1.82, 2.24) is 0 Å². The highest BCUT2D eigenvalue weighted by Crippen LogP contribution is 2.27. The summed E-state index contributed by atoms with van der Waals surface area (Å²) < 4.78 is -0.0422. The molecule has 0 spiro atoms. The first-order chi connectivity index (χ1) is 4.55. The number of halogens is 2. The topological polar surface area (TPSA) is 54.4 Å². The zero-order valence-corrected chi connectivity index (χ0v) is 7.77. The van der Waals surface area contributed by atoms with Crippen molar-refractivity contribution in [3.63, 3.8) is 0 Å². The van der Waals surface area contributed by atoms with Crippen LogP contribution in [0.3, 0.4) is 0 Å². The number of alkyl halides is 1. The number of hydrogen-bond acceptors (Lipinski definition) is 3. The number of rotatable bonds is 0. The van der Waals surface area contributed by atoms with E-state index in [1.807, 2.05) is 0 Å². The lowest BCUT2D eigenvalue weighted by molar-refractivity contribution is -0.120. The molecule has 0 fully saturated rings. The lowest BCUT2D eigenvalue weighted by atomic mass is 10.3. The second kappa shape index (κ2) is 2.47. The molecule has 0 aliphatic heterocycles. The van der Waals surface area contributed by atoms with Crippen LogP contribution in [0.1, 0.15) is 0 Å². The van der Waals surface area contributed by atoms with E-state index in [9.17, 15) is 9.59 Å². The number of aliphatic hydroxyl groups is 1. The van der Waals surface area contributed by atoms with Gasteiger partial charge in [-0.2, -0.15) is 0 Å². The van der Waals surface area contributed by atoms with Crippen LogP contribution >= 0.6 is 31.9 Å². The highest BCUT2D eigenvalue weighted by molar-refractivity contribution is 9.12. The number of hydrogen-bond donors (Lipinski definition) is 1. The SMILES string of the molecule is O=C1C(O)=C(Br)C(=O)C1Br. The van der Waals surface area contributed by atoms with Crippen LogP contribution in [0.5, 0.6) is 0 Å². The van der Waals surface area contributed by atoms with E-state index < -0.39 is 22.2 Å². The van der Waals surface area contributed by atoms with Crippen LogP contribution in [-0.4, -0.2) is 21.5 Å². The molecule has 3 nitrogen and oxygen atoms in total. The minimum absolute atomic E-state index is 0.0422. The molecule has 1 aliphatic carbocycles. The average molecular weight is 270 g/mol. The molecule has 1 N–H and O–H groups in total. The van der Waals surface area contributed by atoms with E-state index >= 15 is 0 Å². The predicted molar refractivity (Wildman–Crippen MR) is 41.3 cm³/mol. The maximum atomic E-state index is 10.8. The normalized spacial score (nSPS) is 26.4. The number of carbonyl (C=O) groups is 2. The van der Waals surface area contributed by atoms with Gasteiger partial charge in [0.1, 0.15) is 9.31 Å². The fraction of sp³-hybridized carbons (Fsp3) is 0.200. The van der Waals surface area contributed by atoms with E-state index in [-0.39, 0.29) is 4.48 Å². The molecule has 54 valence electrons. The largest absolute Gasteiger partial charge is 0.503 e. The van der Waals surface area contributed by atoms with Crippen LogP contribution in [0.25, 0.3) is 0 Å². The fourth-order valence-electron chi connectivity index (χ4n) is 0.575. The lowest BCUT2D eigenvalue weighted by Gasteiger charge is -1.90. The molecule has 0 heterocycles. The molecule has 0 aromatic heterocycles. The molecular formula is C5H2Br2O3.